The molecule has 3 aromatic rings. The van der Waals surface area contributed by atoms with Crippen LogP contribution in [0.2, 0.25) is 0 Å². The van der Waals surface area contributed by atoms with Crippen LogP contribution in [0.25, 0.3) is 22.5 Å². The summed E-state index contributed by atoms with van der Waals surface area (Å²) in [7, 11) is -3.93. The highest BCUT2D eigenvalue weighted by molar-refractivity contribution is 7.90. The number of aliphatic hydroxyl groups excluding tert-OH is 1. The van der Waals surface area contributed by atoms with Crippen molar-refractivity contribution in [2.24, 2.45) is 0 Å². The van der Waals surface area contributed by atoms with E-state index in [-0.39, 0.29) is 22.6 Å². The molecule has 132 valence electrons. The smallest absolute Gasteiger partial charge is 0.178 e. The van der Waals surface area contributed by atoms with Crippen LogP contribution in [0.1, 0.15) is 10.8 Å². The third-order valence-electron chi connectivity index (χ3n) is 3.46. The van der Waals surface area contributed by atoms with E-state index in [1.165, 1.54) is 11.3 Å². The van der Waals surface area contributed by atoms with Crippen LogP contribution in [-0.2, 0) is 16.4 Å². The molecule has 0 aliphatic carbocycles. The summed E-state index contributed by atoms with van der Waals surface area (Å²) in [5.74, 6) is -2.16. The van der Waals surface area contributed by atoms with E-state index in [0.717, 1.165) is 17.3 Å². The number of aryl methyl sites for hydroxylation is 1. The van der Waals surface area contributed by atoms with Gasteiger partial charge in [0.25, 0.3) is 0 Å². The highest BCUT2D eigenvalue weighted by Crippen LogP contribution is 2.37. The van der Waals surface area contributed by atoms with Crippen molar-refractivity contribution in [1.82, 2.24) is 10.1 Å². The number of sulfone groups is 1. The Kier molecular flexibility index (Phi) is 4.43. The molecule has 0 aliphatic rings. The van der Waals surface area contributed by atoms with Crippen molar-refractivity contribution in [3.63, 3.8) is 0 Å². The van der Waals surface area contributed by atoms with Crippen molar-refractivity contribution < 1.29 is 26.8 Å². The molecule has 0 unspecified atom stereocenters. The predicted octanol–water partition coefficient (Wildman–Crippen LogP) is 2.95. The number of aliphatic hydroxyl groups is 1. The standard InChI is InChI=1S/C15H12F2N2O4S2/c1-7-18-11(6-24-7)15-14(12(5-20)23-19-15)8-3-10(17)13(4-9(8)16)25(2,21)22/h3-4,6,20H,5H2,1-2H3. The topological polar surface area (TPSA) is 93.3 Å². The number of thiazole rings is 1. The molecule has 1 N–H and O–H groups in total. The van der Waals surface area contributed by atoms with Gasteiger partial charge in [-0.1, -0.05) is 5.16 Å². The van der Waals surface area contributed by atoms with Crippen molar-refractivity contribution in [2.75, 3.05) is 6.26 Å². The van der Waals surface area contributed by atoms with Crippen LogP contribution in [0.3, 0.4) is 0 Å². The van der Waals surface area contributed by atoms with Gasteiger partial charge in [-0.15, -0.1) is 11.3 Å². The number of aromatic nitrogens is 2. The summed E-state index contributed by atoms with van der Waals surface area (Å²) in [6.07, 6.45) is 0.784. The lowest BCUT2D eigenvalue weighted by molar-refractivity contribution is 0.230. The molecule has 0 bridgehead atoms. The monoisotopic (exact) mass is 386 g/mol. The highest BCUT2D eigenvalue weighted by Gasteiger charge is 2.26. The molecule has 0 amide bonds. The Bertz CT molecular complexity index is 1060. The van der Waals surface area contributed by atoms with Crippen LogP contribution in [0.15, 0.2) is 26.9 Å². The minimum absolute atomic E-state index is 0.0317. The SMILES string of the molecule is Cc1nc(-c2noc(CO)c2-c2cc(F)c(S(C)(=O)=O)cc2F)cs1. The Hall–Kier alpha value is -2.17. The maximum Gasteiger partial charge on any atom is 0.178 e. The average Bonchev–Trinajstić information content (AvgIpc) is 3.13. The first-order valence-corrected chi connectivity index (χ1v) is 9.71. The Morgan fingerprint density at radius 3 is 2.56 bits per heavy atom. The molecule has 6 nitrogen and oxygen atoms in total. The molecule has 2 aromatic heterocycles. The van der Waals surface area contributed by atoms with Gasteiger partial charge in [0.2, 0.25) is 0 Å². The summed E-state index contributed by atoms with van der Waals surface area (Å²) in [5.41, 5.74) is 0.284. The van der Waals surface area contributed by atoms with Gasteiger partial charge < -0.3 is 9.63 Å². The van der Waals surface area contributed by atoms with Crippen molar-refractivity contribution in [2.45, 2.75) is 18.4 Å². The Labute approximate surface area is 145 Å². The molecule has 0 fully saturated rings. The van der Waals surface area contributed by atoms with E-state index in [2.05, 4.69) is 10.1 Å². The van der Waals surface area contributed by atoms with Gasteiger partial charge in [0.15, 0.2) is 15.6 Å². The van der Waals surface area contributed by atoms with E-state index in [0.29, 0.717) is 11.8 Å². The summed E-state index contributed by atoms with van der Waals surface area (Å²) >= 11 is 1.33. The van der Waals surface area contributed by atoms with Crippen LogP contribution in [-0.4, -0.2) is 29.9 Å². The molecule has 0 saturated carbocycles. The fourth-order valence-corrected chi connectivity index (χ4v) is 3.69. The normalized spacial score (nSPS) is 11.9. The Morgan fingerprint density at radius 2 is 2.00 bits per heavy atom. The van der Waals surface area contributed by atoms with Gasteiger partial charge in [-0.3, -0.25) is 0 Å². The summed E-state index contributed by atoms with van der Waals surface area (Å²) in [6.45, 7) is 1.17. The molecule has 0 spiro atoms. The number of rotatable bonds is 4. The fourth-order valence-electron chi connectivity index (χ4n) is 2.36. The Morgan fingerprint density at radius 1 is 1.28 bits per heavy atom. The first kappa shape index (κ1) is 17.6. The molecule has 0 aliphatic heterocycles. The summed E-state index contributed by atoms with van der Waals surface area (Å²) in [5, 5.41) is 15.6. The lowest BCUT2D eigenvalue weighted by Crippen LogP contribution is -2.03. The minimum Gasteiger partial charge on any atom is -0.388 e. The minimum atomic E-state index is -3.93. The predicted molar refractivity (Wildman–Crippen MR) is 86.7 cm³/mol. The van der Waals surface area contributed by atoms with Gasteiger partial charge in [-0.2, -0.15) is 0 Å². The van der Waals surface area contributed by atoms with Crippen LogP contribution in [0.5, 0.6) is 0 Å². The van der Waals surface area contributed by atoms with Crippen LogP contribution < -0.4 is 0 Å². The second-order valence-corrected chi connectivity index (χ2v) is 8.32. The molecule has 1 aromatic carbocycles. The molecule has 0 radical (unpaired) electrons. The summed E-state index contributed by atoms with van der Waals surface area (Å²) in [4.78, 5) is 3.48. The van der Waals surface area contributed by atoms with Crippen LogP contribution >= 0.6 is 11.3 Å². The van der Waals surface area contributed by atoms with Crippen LogP contribution in [0.4, 0.5) is 8.78 Å². The largest absolute Gasteiger partial charge is 0.388 e. The van der Waals surface area contributed by atoms with Crippen LogP contribution in [0, 0.1) is 18.6 Å². The molecular formula is C15H12F2N2O4S2. The maximum absolute atomic E-state index is 14.5. The fraction of sp³-hybridized carbons (Fsp3) is 0.200. The van der Waals surface area contributed by atoms with E-state index in [1.54, 1.807) is 12.3 Å². The Balaban J connectivity index is 2.27. The highest BCUT2D eigenvalue weighted by atomic mass is 32.2. The van der Waals surface area contributed by atoms with Crippen molar-refractivity contribution in [3.05, 3.63) is 39.9 Å². The van der Waals surface area contributed by atoms with Gasteiger partial charge in [-0.05, 0) is 19.1 Å². The van der Waals surface area contributed by atoms with Gasteiger partial charge in [0, 0.05) is 17.2 Å². The number of halogens is 2. The van der Waals surface area contributed by atoms with Gasteiger partial charge >= 0.3 is 0 Å². The van der Waals surface area contributed by atoms with E-state index >= 15 is 0 Å². The first-order chi connectivity index (χ1) is 11.7. The molecule has 0 saturated heterocycles. The summed E-state index contributed by atoms with van der Waals surface area (Å²) in [6, 6.07) is 1.35. The van der Waals surface area contributed by atoms with Gasteiger partial charge in [0.05, 0.1) is 10.6 Å². The summed E-state index contributed by atoms with van der Waals surface area (Å²) < 4.78 is 56.8. The van der Waals surface area contributed by atoms with Crippen molar-refractivity contribution in [1.29, 1.82) is 0 Å². The van der Waals surface area contributed by atoms with Crippen molar-refractivity contribution >= 4 is 21.2 Å². The molecule has 3 rings (SSSR count). The van der Waals surface area contributed by atoms with Gasteiger partial charge in [-0.25, -0.2) is 22.2 Å². The average molecular weight is 386 g/mol. The van der Waals surface area contributed by atoms with E-state index in [4.69, 9.17) is 4.52 Å². The third kappa shape index (κ3) is 3.20. The van der Waals surface area contributed by atoms with E-state index in [9.17, 15) is 22.3 Å². The second-order valence-electron chi connectivity index (χ2n) is 5.27. The number of hydrogen-bond donors (Lipinski definition) is 1. The zero-order valence-electron chi connectivity index (χ0n) is 13.1. The zero-order chi connectivity index (χ0) is 18.4. The lowest BCUT2D eigenvalue weighted by atomic mass is 10.0. The molecular weight excluding hydrogens is 374 g/mol. The number of hydrogen-bond acceptors (Lipinski definition) is 7. The molecule has 0 atom stereocenters. The lowest BCUT2D eigenvalue weighted by Gasteiger charge is -2.07. The third-order valence-corrected chi connectivity index (χ3v) is 5.34. The van der Waals surface area contributed by atoms with E-state index in [1.807, 2.05) is 0 Å². The first-order valence-electron chi connectivity index (χ1n) is 6.93. The second kappa shape index (κ2) is 6.28. The zero-order valence-corrected chi connectivity index (χ0v) is 14.7. The molecule has 25 heavy (non-hydrogen) atoms. The number of benzene rings is 1. The number of nitrogens with zero attached hydrogens (tertiary/aromatic N) is 2. The molecule has 2 heterocycles. The van der Waals surface area contributed by atoms with Gasteiger partial charge in [0.1, 0.15) is 34.5 Å². The quantitative estimate of drug-likeness (QED) is 0.741. The van der Waals surface area contributed by atoms with Crippen molar-refractivity contribution in [3.8, 4) is 22.5 Å². The van der Waals surface area contributed by atoms with E-state index < -0.39 is 33.0 Å². The maximum atomic E-state index is 14.5. The molecule has 10 heteroatoms.